The van der Waals surface area contributed by atoms with E-state index in [9.17, 15) is 13.5 Å². The molecule has 86 valence electrons. The van der Waals surface area contributed by atoms with Gasteiger partial charge < -0.3 is 5.11 Å². The molecular weight excluding hydrogens is 300 g/mol. The molecule has 1 rings (SSSR count). The number of aryl methyl sites for hydroxylation is 1. The fourth-order valence-electron chi connectivity index (χ4n) is 1.12. The van der Waals surface area contributed by atoms with Gasteiger partial charge in [0.2, 0.25) is 0 Å². The molecule has 0 aliphatic carbocycles. The minimum atomic E-state index is -3.00. The molecule has 0 amide bonds. The summed E-state index contributed by atoms with van der Waals surface area (Å²) in [7, 11) is -3.00. The van der Waals surface area contributed by atoms with Crippen LogP contribution in [-0.4, -0.2) is 25.5 Å². The summed E-state index contributed by atoms with van der Waals surface area (Å²) in [4.78, 5) is 0.808. The van der Waals surface area contributed by atoms with E-state index in [1.807, 2.05) is 13.0 Å². The highest BCUT2D eigenvalue weighted by atomic mass is 79.9. The number of aliphatic hydroxyl groups is 1. The van der Waals surface area contributed by atoms with Crippen molar-refractivity contribution in [2.75, 3.05) is 12.0 Å². The standard InChI is InChI=1S/C9H13BrO3S2/c1-6-5-8(14-9(6)10)7(11)3-4-15(2,12)13/h5,7,11H,3-4H2,1-2H3. The monoisotopic (exact) mass is 312 g/mol. The zero-order valence-corrected chi connectivity index (χ0v) is 11.7. The first-order valence-electron chi connectivity index (χ1n) is 4.41. The molecular formula is C9H13BrO3S2. The third-order valence-electron chi connectivity index (χ3n) is 1.97. The fraction of sp³-hybridized carbons (Fsp3) is 0.556. The van der Waals surface area contributed by atoms with Gasteiger partial charge in [-0.25, -0.2) is 8.42 Å². The molecule has 0 fully saturated rings. The van der Waals surface area contributed by atoms with Crippen LogP contribution in [0.2, 0.25) is 0 Å². The normalized spacial score (nSPS) is 14.1. The zero-order valence-electron chi connectivity index (χ0n) is 8.53. The molecule has 0 saturated heterocycles. The third kappa shape index (κ3) is 4.22. The van der Waals surface area contributed by atoms with Crippen LogP contribution >= 0.6 is 27.3 Å². The van der Waals surface area contributed by atoms with E-state index in [0.29, 0.717) is 0 Å². The molecule has 6 heteroatoms. The largest absolute Gasteiger partial charge is 0.388 e. The molecule has 3 nitrogen and oxygen atoms in total. The van der Waals surface area contributed by atoms with Crippen molar-refractivity contribution in [1.82, 2.24) is 0 Å². The van der Waals surface area contributed by atoms with Gasteiger partial charge in [0.05, 0.1) is 15.6 Å². The number of hydrogen-bond donors (Lipinski definition) is 1. The van der Waals surface area contributed by atoms with Crippen molar-refractivity contribution in [1.29, 1.82) is 0 Å². The van der Waals surface area contributed by atoms with Gasteiger partial charge in [-0.2, -0.15) is 0 Å². The van der Waals surface area contributed by atoms with Crippen LogP contribution in [0.15, 0.2) is 9.85 Å². The Morgan fingerprint density at radius 1 is 1.60 bits per heavy atom. The summed E-state index contributed by atoms with van der Waals surface area (Å²) in [6.07, 6.45) is 0.746. The maximum Gasteiger partial charge on any atom is 0.147 e. The van der Waals surface area contributed by atoms with E-state index in [1.54, 1.807) is 0 Å². The van der Waals surface area contributed by atoms with Crippen LogP contribution in [0.3, 0.4) is 0 Å². The molecule has 1 N–H and O–H groups in total. The molecule has 0 bridgehead atoms. The first-order chi connectivity index (χ1) is 6.79. The average molecular weight is 313 g/mol. The summed E-state index contributed by atoms with van der Waals surface area (Å²) in [5.41, 5.74) is 1.06. The van der Waals surface area contributed by atoms with Crippen molar-refractivity contribution in [2.24, 2.45) is 0 Å². The second-order valence-electron chi connectivity index (χ2n) is 3.54. The van der Waals surface area contributed by atoms with Crippen molar-refractivity contribution < 1.29 is 13.5 Å². The smallest absolute Gasteiger partial charge is 0.147 e. The SMILES string of the molecule is Cc1cc(C(O)CCS(C)(=O)=O)sc1Br. The first-order valence-corrected chi connectivity index (χ1v) is 8.08. The highest BCUT2D eigenvalue weighted by Crippen LogP contribution is 2.32. The highest BCUT2D eigenvalue weighted by Gasteiger charge is 2.14. The van der Waals surface area contributed by atoms with Crippen molar-refractivity contribution in [3.05, 3.63) is 20.3 Å². The Morgan fingerprint density at radius 3 is 2.60 bits per heavy atom. The Kier molecular flexibility index (Phi) is 4.34. The Labute approximate surface area is 102 Å². The Bertz CT molecular complexity index is 417. The first kappa shape index (κ1) is 13.2. The minimum Gasteiger partial charge on any atom is -0.388 e. The Balaban J connectivity index is 2.65. The van der Waals surface area contributed by atoms with Crippen molar-refractivity contribution in [3.8, 4) is 0 Å². The molecule has 1 aromatic rings. The third-order valence-corrected chi connectivity index (χ3v) is 5.18. The van der Waals surface area contributed by atoms with Gasteiger partial charge >= 0.3 is 0 Å². The summed E-state index contributed by atoms with van der Waals surface area (Å²) in [6.45, 7) is 1.94. The van der Waals surface area contributed by atoms with Gasteiger partial charge in [-0.05, 0) is 40.9 Å². The van der Waals surface area contributed by atoms with Crippen molar-refractivity contribution >= 4 is 37.1 Å². The second kappa shape index (κ2) is 4.95. The zero-order chi connectivity index (χ0) is 11.6. The van der Waals surface area contributed by atoms with E-state index in [-0.39, 0.29) is 12.2 Å². The van der Waals surface area contributed by atoms with Crippen LogP contribution in [0, 0.1) is 6.92 Å². The summed E-state index contributed by atoms with van der Waals surface area (Å²) in [5.74, 6) is 0.0166. The lowest BCUT2D eigenvalue weighted by molar-refractivity contribution is 0.178. The van der Waals surface area contributed by atoms with Gasteiger partial charge in [-0.3, -0.25) is 0 Å². The quantitative estimate of drug-likeness (QED) is 0.928. The summed E-state index contributed by atoms with van der Waals surface area (Å²) >= 11 is 4.81. The number of sulfone groups is 1. The molecule has 0 spiro atoms. The van der Waals surface area contributed by atoms with Crippen molar-refractivity contribution in [3.63, 3.8) is 0 Å². The van der Waals surface area contributed by atoms with E-state index in [1.165, 1.54) is 17.6 Å². The maximum atomic E-state index is 10.9. The lowest BCUT2D eigenvalue weighted by Gasteiger charge is -2.06. The number of rotatable bonds is 4. The topological polar surface area (TPSA) is 54.4 Å². The van der Waals surface area contributed by atoms with Crippen LogP contribution in [0.5, 0.6) is 0 Å². The lowest BCUT2D eigenvalue weighted by atomic mass is 10.2. The minimum absolute atomic E-state index is 0.0166. The number of aliphatic hydroxyl groups excluding tert-OH is 1. The molecule has 0 aromatic carbocycles. The van der Waals surface area contributed by atoms with E-state index in [0.717, 1.165) is 14.2 Å². The van der Waals surface area contributed by atoms with Crippen LogP contribution in [-0.2, 0) is 9.84 Å². The van der Waals surface area contributed by atoms with Gasteiger partial charge in [-0.1, -0.05) is 0 Å². The maximum absolute atomic E-state index is 10.9. The van der Waals surface area contributed by atoms with E-state index in [2.05, 4.69) is 15.9 Å². The van der Waals surface area contributed by atoms with Gasteiger partial charge in [0.15, 0.2) is 0 Å². The van der Waals surface area contributed by atoms with E-state index in [4.69, 9.17) is 0 Å². The number of halogens is 1. The summed E-state index contributed by atoms with van der Waals surface area (Å²) in [6, 6.07) is 1.88. The van der Waals surface area contributed by atoms with Gasteiger partial charge in [-0.15, -0.1) is 11.3 Å². The number of thiophene rings is 1. The van der Waals surface area contributed by atoms with Crippen LogP contribution in [0.1, 0.15) is 23.0 Å². The molecule has 1 unspecified atom stereocenters. The van der Waals surface area contributed by atoms with Crippen LogP contribution < -0.4 is 0 Å². The molecule has 0 aliphatic rings. The summed E-state index contributed by atoms with van der Waals surface area (Å²) in [5, 5.41) is 9.75. The molecule has 0 aliphatic heterocycles. The van der Waals surface area contributed by atoms with Gasteiger partial charge in [0.1, 0.15) is 9.84 Å². The van der Waals surface area contributed by atoms with Crippen molar-refractivity contribution in [2.45, 2.75) is 19.4 Å². The van der Waals surface area contributed by atoms with Crippen LogP contribution in [0.25, 0.3) is 0 Å². The molecule has 1 heterocycles. The van der Waals surface area contributed by atoms with E-state index >= 15 is 0 Å². The molecule has 0 saturated carbocycles. The van der Waals surface area contributed by atoms with Gasteiger partial charge in [0, 0.05) is 11.1 Å². The molecule has 15 heavy (non-hydrogen) atoms. The van der Waals surface area contributed by atoms with Gasteiger partial charge in [0.25, 0.3) is 0 Å². The Hall–Kier alpha value is 0.0900. The second-order valence-corrected chi connectivity index (χ2v) is 8.20. The lowest BCUT2D eigenvalue weighted by Crippen LogP contribution is -2.07. The highest BCUT2D eigenvalue weighted by molar-refractivity contribution is 9.11. The molecule has 1 atom stereocenters. The summed E-state index contributed by atoms with van der Waals surface area (Å²) < 4.78 is 22.8. The Morgan fingerprint density at radius 2 is 2.20 bits per heavy atom. The predicted molar refractivity (Wildman–Crippen MR) is 66.0 cm³/mol. The van der Waals surface area contributed by atoms with Crippen LogP contribution in [0.4, 0.5) is 0 Å². The van der Waals surface area contributed by atoms with E-state index < -0.39 is 15.9 Å². The fourth-order valence-corrected chi connectivity index (χ4v) is 3.36. The predicted octanol–water partition coefficient (Wildman–Crippen LogP) is 2.29. The molecule has 0 radical (unpaired) electrons. The average Bonchev–Trinajstić information content (AvgIpc) is 2.42. The number of hydrogen-bond acceptors (Lipinski definition) is 4. The molecule has 1 aromatic heterocycles.